The van der Waals surface area contributed by atoms with Crippen molar-refractivity contribution in [2.45, 2.75) is 13.8 Å². The third-order valence-corrected chi connectivity index (χ3v) is 1.81. The summed E-state index contributed by atoms with van der Waals surface area (Å²) in [6, 6.07) is 0. The Hall–Kier alpha value is 0.340. The van der Waals surface area contributed by atoms with Gasteiger partial charge in [-0.2, -0.15) is 0 Å². The molecule has 0 fully saturated rings. The van der Waals surface area contributed by atoms with E-state index in [1.54, 1.807) is 13.8 Å². The van der Waals surface area contributed by atoms with Gasteiger partial charge in [0.05, 0.1) is 0 Å². The van der Waals surface area contributed by atoms with Crippen molar-refractivity contribution in [1.29, 1.82) is 0 Å². The smallest absolute Gasteiger partial charge is 0.256 e. The molecule has 0 N–H and O–H groups in total. The van der Waals surface area contributed by atoms with Gasteiger partial charge in [-0.3, -0.25) is 14.5 Å². The van der Waals surface area contributed by atoms with Crippen molar-refractivity contribution in [3.05, 3.63) is 11.1 Å². The number of halogens is 2. The van der Waals surface area contributed by atoms with Crippen LogP contribution in [0.25, 0.3) is 0 Å². The molecule has 1 rings (SSSR count). The van der Waals surface area contributed by atoms with Gasteiger partial charge < -0.3 is 0 Å². The highest BCUT2D eigenvalue weighted by molar-refractivity contribution is 15.0. The van der Waals surface area contributed by atoms with Gasteiger partial charge in [-0.15, -0.1) is 0 Å². The predicted octanol–water partition coefficient (Wildman–Crippen LogP) is 2.09. The minimum atomic E-state index is -0.178. The highest BCUT2D eigenvalue weighted by Gasteiger charge is 2.29. The third-order valence-electron chi connectivity index (χ3n) is 1.81. The molecule has 3 nitrogen and oxygen atoms in total. The van der Waals surface area contributed by atoms with Crippen molar-refractivity contribution < 1.29 is 9.59 Å². The SMILES string of the molecule is CC1=C(C)C(=O)N(C)C1=O.II. The topological polar surface area (TPSA) is 37.4 Å². The fourth-order valence-corrected chi connectivity index (χ4v) is 0.916. The van der Waals surface area contributed by atoms with Crippen LogP contribution in [-0.2, 0) is 9.59 Å². The van der Waals surface area contributed by atoms with Gasteiger partial charge in [0.1, 0.15) is 0 Å². The Morgan fingerprint density at radius 1 is 1.00 bits per heavy atom. The Morgan fingerprint density at radius 3 is 1.33 bits per heavy atom. The van der Waals surface area contributed by atoms with Gasteiger partial charge in [-0.05, 0) is 13.8 Å². The molecule has 0 radical (unpaired) electrons. The van der Waals surface area contributed by atoms with Crippen molar-refractivity contribution in [3.8, 4) is 0 Å². The Kier molecular flexibility index (Phi) is 5.30. The van der Waals surface area contributed by atoms with Gasteiger partial charge in [0.2, 0.25) is 0 Å². The summed E-state index contributed by atoms with van der Waals surface area (Å²) in [6.07, 6.45) is 0. The number of hydrogen-bond donors (Lipinski definition) is 0. The van der Waals surface area contributed by atoms with E-state index in [2.05, 4.69) is 37.2 Å². The van der Waals surface area contributed by atoms with E-state index in [1.807, 2.05) is 0 Å². The lowest BCUT2D eigenvalue weighted by Crippen LogP contribution is -2.26. The summed E-state index contributed by atoms with van der Waals surface area (Å²) in [7, 11) is 1.49. The van der Waals surface area contributed by atoms with E-state index in [4.69, 9.17) is 0 Å². The van der Waals surface area contributed by atoms with E-state index >= 15 is 0 Å². The maximum Gasteiger partial charge on any atom is 0.256 e. The van der Waals surface area contributed by atoms with E-state index < -0.39 is 0 Å². The number of nitrogens with zero attached hydrogens (tertiary/aromatic N) is 1. The summed E-state index contributed by atoms with van der Waals surface area (Å²) in [5, 5.41) is 0. The highest BCUT2D eigenvalue weighted by atomic mass is 128. The number of amides is 2. The Balaban J connectivity index is 0.000000561. The maximum absolute atomic E-state index is 11.0. The molecule has 2 amide bonds. The summed E-state index contributed by atoms with van der Waals surface area (Å²) in [5.41, 5.74) is 1.13. The number of hydrogen-bond acceptors (Lipinski definition) is 2. The summed E-state index contributed by atoms with van der Waals surface area (Å²) in [4.78, 5) is 23.1. The molecule has 0 aromatic heterocycles. The molecule has 0 saturated heterocycles. The Labute approximate surface area is 94.9 Å². The minimum absolute atomic E-state index is 0.178. The molecule has 0 unspecified atom stereocenters. The molecule has 0 saturated carbocycles. The van der Waals surface area contributed by atoms with Crippen LogP contribution in [0.2, 0.25) is 0 Å². The zero-order valence-electron chi connectivity index (χ0n) is 7.02. The van der Waals surface area contributed by atoms with Gasteiger partial charge in [-0.1, -0.05) is 0 Å². The average Bonchev–Trinajstić information content (AvgIpc) is 2.27. The molecular formula is C7H9I2NO2. The lowest BCUT2D eigenvalue weighted by molar-refractivity contribution is -0.135. The first kappa shape index (κ1) is 12.3. The molecule has 1 heterocycles. The van der Waals surface area contributed by atoms with Gasteiger partial charge in [0, 0.05) is 55.4 Å². The second kappa shape index (κ2) is 5.15. The fraction of sp³-hybridized carbons (Fsp3) is 0.429. The van der Waals surface area contributed by atoms with Crippen LogP contribution in [0.15, 0.2) is 11.1 Å². The molecule has 1 aliphatic rings. The molecule has 0 atom stereocenters. The molecule has 0 spiro atoms. The molecule has 12 heavy (non-hydrogen) atoms. The quantitative estimate of drug-likeness (QED) is 0.467. The second-order valence-electron chi connectivity index (χ2n) is 2.42. The Bertz CT molecular complexity index is 224. The van der Waals surface area contributed by atoms with Crippen molar-refractivity contribution in [1.82, 2.24) is 4.90 Å². The predicted molar refractivity (Wildman–Crippen MR) is 64.2 cm³/mol. The second-order valence-corrected chi connectivity index (χ2v) is 2.42. The number of imide groups is 1. The minimum Gasteiger partial charge on any atom is -0.278 e. The van der Waals surface area contributed by atoms with Gasteiger partial charge in [0.15, 0.2) is 0 Å². The fourth-order valence-electron chi connectivity index (χ4n) is 0.916. The molecule has 0 bridgehead atoms. The number of likely N-dealkylation sites (N-methyl/N-ethyl adjacent to an activating group) is 1. The maximum atomic E-state index is 11.0. The first-order chi connectivity index (χ1) is 5.55. The summed E-state index contributed by atoms with van der Waals surface area (Å²) >= 11 is 4.24. The molecular weight excluding hydrogens is 384 g/mol. The number of carbonyl (C=O) groups excluding carboxylic acids is 2. The average molecular weight is 393 g/mol. The first-order valence-electron chi connectivity index (χ1n) is 3.20. The molecule has 1 aliphatic heterocycles. The largest absolute Gasteiger partial charge is 0.278 e. The van der Waals surface area contributed by atoms with Crippen LogP contribution >= 0.6 is 37.2 Å². The standard InChI is InChI=1S/C7H9NO2.I2/c1-4-5(2)7(10)8(3)6(4)9;1-2/h1-3H3;. The molecule has 68 valence electrons. The molecule has 0 aromatic carbocycles. The molecule has 0 aromatic rings. The van der Waals surface area contributed by atoms with Crippen LogP contribution in [0.5, 0.6) is 0 Å². The molecule has 0 aliphatic carbocycles. The van der Waals surface area contributed by atoms with Gasteiger partial charge in [0.25, 0.3) is 11.8 Å². The first-order valence-corrected chi connectivity index (χ1v) is 9.48. The van der Waals surface area contributed by atoms with Crippen LogP contribution < -0.4 is 0 Å². The normalized spacial score (nSPS) is 16.6. The van der Waals surface area contributed by atoms with Crippen LogP contribution in [-0.4, -0.2) is 23.8 Å². The third kappa shape index (κ3) is 2.18. The van der Waals surface area contributed by atoms with Crippen molar-refractivity contribution in [2.75, 3.05) is 7.05 Å². The lowest BCUT2D eigenvalue weighted by atomic mass is 10.2. The van der Waals surface area contributed by atoms with Crippen LogP contribution in [0.3, 0.4) is 0 Å². The van der Waals surface area contributed by atoms with Crippen LogP contribution in [0.4, 0.5) is 0 Å². The zero-order chi connectivity index (χ0) is 9.89. The monoisotopic (exact) mass is 393 g/mol. The number of carbonyl (C=O) groups is 2. The van der Waals surface area contributed by atoms with Crippen LogP contribution in [0.1, 0.15) is 13.8 Å². The molecule has 5 heteroatoms. The van der Waals surface area contributed by atoms with Crippen molar-refractivity contribution >= 4 is 49.0 Å². The highest BCUT2D eigenvalue weighted by Crippen LogP contribution is 2.16. The van der Waals surface area contributed by atoms with Crippen molar-refractivity contribution in [2.24, 2.45) is 0 Å². The van der Waals surface area contributed by atoms with E-state index in [9.17, 15) is 9.59 Å². The van der Waals surface area contributed by atoms with E-state index in [-0.39, 0.29) is 11.8 Å². The number of rotatable bonds is 0. The van der Waals surface area contributed by atoms with Gasteiger partial charge in [-0.25, -0.2) is 0 Å². The van der Waals surface area contributed by atoms with Gasteiger partial charge >= 0.3 is 0 Å². The van der Waals surface area contributed by atoms with Crippen molar-refractivity contribution in [3.63, 3.8) is 0 Å². The van der Waals surface area contributed by atoms with E-state index in [1.165, 1.54) is 7.05 Å². The van der Waals surface area contributed by atoms with E-state index in [0.717, 1.165) is 4.90 Å². The summed E-state index contributed by atoms with van der Waals surface area (Å²) in [5.74, 6) is -0.356. The summed E-state index contributed by atoms with van der Waals surface area (Å²) in [6.45, 7) is 3.33. The summed E-state index contributed by atoms with van der Waals surface area (Å²) < 4.78 is 0. The van der Waals surface area contributed by atoms with E-state index in [0.29, 0.717) is 11.1 Å². The zero-order valence-corrected chi connectivity index (χ0v) is 11.3. The van der Waals surface area contributed by atoms with Crippen LogP contribution in [0, 0.1) is 0 Å². The lowest BCUT2D eigenvalue weighted by Gasteiger charge is -2.04. The Morgan fingerprint density at radius 2 is 1.25 bits per heavy atom.